The molecule has 6 nitrogen and oxygen atoms in total. The second kappa shape index (κ2) is 4.76. The summed E-state index contributed by atoms with van der Waals surface area (Å²) in [7, 11) is -2.09. The molecule has 1 aliphatic rings. The first-order valence-corrected chi connectivity index (χ1v) is 7.89. The van der Waals surface area contributed by atoms with Crippen LogP contribution in [0.4, 0.5) is 0 Å². The molecule has 0 aromatic carbocycles. The van der Waals surface area contributed by atoms with Gasteiger partial charge in [-0.15, -0.1) is 0 Å². The van der Waals surface area contributed by atoms with Crippen molar-refractivity contribution in [3.63, 3.8) is 0 Å². The molecule has 2 rings (SSSR count). The largest absolute Gasteiger partial charge is 0.377 e. The molecule has 1 aromatic heterocycles. The van der Waals surface area contributed by atoms with Crippen LogP contribution in [0.15, 0.2) is 9.00 Å². The van der Waals surface area contributed by atoms with E-state index < -0.39 is 10.0 Å². The van der Waals surface area contributed by atoms with E-state index in [2.05, 4.69) is 4.98 Å². The van der Waals surface area contributed by atoms with Gasteiger partial charge in [0.25, 0.3) is 10.0 Å². The number of rotatable bonds is 3. The fourth-order valence-electron chi connectivity index (χ4n) is 2.14. The van der Waals surface area contributed by atoms with Crippen LogP contribution in [0.3, 0.4) is 0 Å². The standard InChI is InChI=1S/C10H16N2O4S2/c1-6-9(17-10(13)11-6)18(14,15)12(3)8-4-5-16-7(8)2/h7-8H,4-5H2,1-3H3,(H,11,13). The van der Waals surface area contributed by atoms with Gasteiger partial charge < -0.3 is 9.72 Å². The van der Waals surface area contributed by atoms with Crippen molar-refractivity contribution >= 4 is 21.4 Å². The Kier molecular flexibility index (Phi) is 3.63. The van der Waals surface area contributed by atoms with Crippen LogP contribution in [0.1, 0.15) is 19.0 Å². The topological polar surface area (TPSA) is 79.5 Å². The van der Waals surface area contributed by atoms with Gasteiger partial charge in [-0.2, -0.15) is 4.31 Å². The molecular formula is C10H16N2O4S2. The maximum Gasteiger partial charge on any atom is 0.305 e. The average Bonchev–Trinajstić information content (AvgIpc) is 2.83. The summed E-state index contributed by atoms with van der Waals surface area (Å²) in [4.78, 5) is 13.4. The Hall–Kier alpha value is -0.700. The minimum atomic E-state index is -3.62. The predicted octanol–water partition coefficient (Wildman–Crippen LogP) is 0.543. The zero-order valence-corrected chi connectivity index (χ0v) is 12.1. The molecule has 0 bridgehead atoms. The highest BCUT2D eigenvalue weighted by atomic mass is 32.2. The Morgan fingerprint density at radius 2 is 2.17 bits per heavy atom. The molecule has 0 amide bonds. The molecular weight excluding hydrogens is 276 g/mol. The van der Waals surface area contributed by atoms with Gasteiger partial charge in [-0.05, 0) is 20.3 Å². The number of likely N-dealkylation sites (N-methyl/N-ethyl adjacent to an activating group) is 1. The number of H-pyrrole nitrogens is 1. The minimum Gasteiger partial charge on any atom is -0.377 e. The summed E-state index contributed by atoms with van der Waals surface area (Å²) in [6, 6.07) is -0.174. The number of hydrogen-bond acceptors (Lipinski definition) is 5. The van der Waals surface area contributed by atoms with Crippen LogP contribution in [0.5, 0.6) is 0 Å². The number of aromatic amines is 1. The van der Waals surface area contributed by atoms with Crippen LogP contribution in [0, 0.1) is 6.92 Å². The molecule has 0 aliphatic carbocycles. The van der Waals surface area contributed by atoms with Crippen LogP contribution in [0.2, 0.25) is 0 Å². The molecule has 0 radical (unpaired) electrons. The van der Waals surface area contributed by atoms with E-state index in [-0.39, 0.29) is 21.2 Å². The third-order valence-electron chi connectivity index (χ3n) is 3.20. The van der Waals surface area contributed by atoms with Crippen LogP contribution < -0.4 is 4.87 Å². The highest BCUT2D eigenvalue weighted by Crippen LogP contribution is 2.26. The number of ether oxygens (including phenoxy) is 1. The molecule has 0 saturated carbocycles. The predicted molar refractivity (Wildman–Crippen MR) is 68.4 cm³/mol. The van der Waals surface area contributed by atoms with Gasteiger partial charge in [0.2, 0.25) is 0 Å². The monoisotopic (exact) mass is 292 g/mol. The van der Waals surface area contributed by atoms with E-state index in [1.807, 2.05) is 6.92 Å². The maximum atomic E-state index is 12.4. The normalized spacial score (nSPS) is 24.9. The Morgan fingerprint density at radius 3 is 2.61 bits per heavy atom. The molecule has 0 spiro atoms. The summed E-state index contributed by atoms with van der Waals surface area (Å²) >= 11 is 0.728. The number of hydrogen-bond donors (Lipinski definition) is 1. The quantitative estimate of drug-likeness (QED) is 0.882. The lowest BCUT2D eigenvalue weighted by atomic mass is 10.2. The zero-order chi connectivity index (χ0) is 13.5. The van der Waals surface area contributed by atoms with Gasteiger partial charge in [0.15, 0.2) is 4.21 Å². The Bertz CT molecular complexity index is 589. The number of aromatic nitrogens is 1. The van der Waals surface area contributed by atoms with Crippen molar-refractivity contribution in [2.24, 2.45) is 0 Å². The number of aryl methyl sites for hydroxylation is 1. The molecule has 2 unspecified atom stereocenters. The first kappa shape index (κ1) is 13.7. The van der Waals surface area contributed by atoms with E-state index in [4.69, 9.17) is 4.74 Å². The van der Waals surface area contributed by atoms with Crippen molar-refractivity contribution in [1.29, 1.82) is 0 Å². The second-order valence-electron chi connectivity index (χ2n) is 4.38. The molecule has 2 heterocycles. The second-order valence-corrected chi connectivity index (χ2v) is 7.56. The average molecular weight is 292 g/mol. The van der Waals surface area contributed by atoms with Crippen molar-refractivity contribution < 1.29 is 13.2 Å². The van der Waals surface area contributed by atoms with Crippen molar-refractivity contribution in [3.8, 4) is 0 Å². The van der Waals surface area contributed by atoms with Crippen LogP contribution >= 0.6 is 11.3 Å². The van der Waals surface area contributed by atoms with Crippen molar-refractivity contribution in [2.45, 2.75) is 36.6 Å². The number of nitrogens with one attached hydrogen (secondary N) is 1. The summed E-state index contributed by atoms with van der Waals surface area (Å²) in [5.41, 5.74) is 0.392. The molecule has 1 N–H and O–H groups in total. The van der Waals surface area contributed by atoms with E-state index in [0.717, 1.165) is 11.3 Å². The van der Waals surface area contributed by atoms with Crippen molar-refractivity contribution in [3.05, 3.63) is 15.4 Å². The SMILES string of the molecule is Cc1[nH]c(=O)sc1S(=O)(=O)N(C)C1CCOC1C. The highest BCUT2D eigenvalue weighted by Gasteiger charge is 2.36. The van der Waals surface area contributed by atoms with Crippen LogP contribution in [0.25, 0.3) is 0 Å². The molecule has 1 aromatic rings. The lowest BCUT2D eigenvalue weighted by molar-refractivity contribution is 0.102. The molecule has 1 fully saturated rings. The zero-order valence-electron chi connectivity index (χ0n) is 10.5. The Balaban J connectivity index is 2.37. The molecule has 8 heteroatoms. The van der Waals surface area contributed by atoms with Crippen LogP contribution in [-0.2, 0) is 14.8 Å². The first-order valence-electron chi connectivity index (χ1n) is 5.63. The lowest BCUT2D eigenvalue weighted by Crippen LogP contribution is -2.40. The summed E-state index contributed by atoms with van der Waals surface area (Å²) < 4.78 is 31.6. The van der Waals surface area contributed by atoms with Gasteiger partial charge in [-0.1, -0.05) is 11.3 Å². The van der Waals surface area contributed by atoms with Crippen LogP contribution in [-0.4, -0.2) is 43.5 Å². The van der Waals surface area contributed by atoms with Gasteiger partial charge in [-0.25, -0.2) is 8.42 Å². The Labute approximate surface area is 110 Å². The summed E-state index contributed by atoms with van der Waals surface area (Å²) in [5.74, 6) is 0. The first-order chi connectivity index (χ1) is 8.34. The van der Waals surface area contributed by atoms with Gasteiger partial charge in [0.1, 0.15) is 0 Å². The van der Waals surface area contributed by atoms with Crippen molar-refractivity contribution in [1.82, 2.24) is 9.29 Å². The van der Waals surface area contributed by atoms with Gasteiger partial charge >= 0.3 is 4.87 Å². The summed E-state index contributed by atoms with van der Waals surface area (Å²) in [6.45, 7) is 4.01. The molecule has 18 heavy (non-hydrogen) atoms. The number of nitrogens with zero attached hydrogens (tertiary/aromatic N) is 1. The van der Waals surface area contributed by atoms with E-state index in [9.17, 15) is 13.2 Å². The molecule has 2 atom stereocenters. The van der Waals surface area contributed by atoms with E-state index in [1.54, 1.807) is 6.92 Å². The van der Waals surface area contributed by atoms with Gasteiger partial charge in [0.05, 0.1) is 12.1 Å². The number of sulfonamides is 1. The lowest BCUT2D eigenvalue weighted by Gasteiger charge is -2.25. The summed E-state index contributed by atoms with van der Waals surface area (Å²) in [5, 5.41) is 0. The highest BCUT2D eigenvalue weighted by molar-refractivity contribution is 7.91. The maximum absolute atomic E-state index is 12.4. The van der Waals surface area contributed by atoms with E-state index in [1.165, 1.54) is 11.4 Å². The van der Waals surface area contributed by atoms with Crippen molar-refractivity contribution in [2.75, 3.05) is 13.7 Å². The smallest absolute Gasteiger partial charge is 0.305 e. The fraction of sp³-hybridized carbons (Fsp3) is 0.700. The van der Waals surface area contributed by atoms with E-state index in [0.29, 0.717) is 18.7 Å². The molecule has 1 aliphatic heterocycles. The van der Waals surface area contributed by atoms with Gasteiger partial charge in [0, 0.05) is 19.3 Å². The molecule has 1 saturated heterocycles. The van der Waals surface area contributed by atoms with E-state index >= 15 is 0 Å². The number of thiazole rings is 1. The third kappa shape index (κ3) is 2.25. The Morgan fingerprint density at radius 1 is 1.50 bits per heavy atom. The fourth-order valence-corrected chi connectivity index (χ4v) is 5.05. The summed E-state index contributed by atoms with van der Waals surface area (Å²) in [6.07, 6.45) is 0.552. The third-order valence-corrected chi connectivity index (χ3v) is 6.66. The molecule has 102 valence electrons. The minimum absolute atomic E-state index is 0.0918. The van der Waals surface area contributed by atoms with Gasteiger partial charge in [-0.3, -0.25) is 4.79 Å².